The average Bonchev–Trinajstić information content (AvgIpc) is 3.36. The minimum atomic E-state index is -0.313. The van der Waals surface area contributed by atoms with Gasteiger partial charge in [0.1, 0.15) is 12.7 Å². The van der Waals surface area contributed by atoms with Crippen LogP contribution in [0.1, 0.15) is 28.5 Å². The van der Waals surface area contributed by atoms with Crippen LogP contribution in [0.15, 0.2) is 49.1 Å². The van der Waals surface area contributed by atoms with Gasteiger partial charge in [0.25, 0.3) is 5.91 Å². The minimum Gasteiger partial charge on any atom is -0.321 e. The quantitative estimate of drug-likeness (QED) is 0.648. The first-order chi connectivity index (χ1) is 12.3. The van der Waals surface area contributed by atoms with Crippen LogP contribution in [0, 0.1) is 0 Å². The predicted molar refractivity (Wildman–Crippen MR) is 89.8 cm³/mol. The summed E-state index contributed by atoms with van der Waals surface area (Å²) in [6.45, 7) is 0.926. The van der Waals surface area contributed by atoms with Gasteiger partial charge in [-0.3, -0.25) is 15.6 Å². The molecule has 4 rings (SSSR count). The molecule has 0 aliphatic carbocycles. The van der Waals surface area contributed by atoms with Crippen LogP contribution in [0.3, 0.4) is 0 Å². The van der Waals surface area contributed by atoms with Crippen LogP contribution in [0.4, 0.5) is 5.69 Å². The van der Waals surface area contributed by atoms with E-state index in [-0.39, 0.29) is 17.6 Å². The van der Waals surface area contributed by atoms with Crippen LogP contribution in [0.25, 0.3) is 5.82 Å². The lowest BCUT2D eigenvalue weighted by Crippen LogP contribution is -2.24. The zero-order valence-electron chi connectivity index (χ0n) is 13.3. The second kappa shape index (κ2) is 6.75. The number of hydrogen-bond donors (Lipinski definition) is 3. The molecule has 25 heavy (non-hydrogen) atoms. The predicted octanol–water partition coefficient (Wildman–Crippen LogP) is 0.849. The number of hydrazine groups is 1. The maximum absolute atomic E-state index is 12.4. The minimum absolute atomic E-state index is 0.231. The molecule has 0 bridgehead atoms. The first kappa shape index (κ1) is 15.4. The van der Waals surface area contributed by atoms with Crippen LogP contribution in [-0.2, 0) is 0 Å². The van der Waals surface area contributed by atoms with Gasteiger partial charge in [-0.25, -0.2) is 9.67 Å². The number of amides is 1. The molecule has 1 unspecified atom stereocenters. The van der Waals surface area contributed by atoms with Gasteiger partial charge in [0.2, 0.25) is 0 Å². The second-order valence-corrected chi connectivity index (χ2v) is 5.61. The van der Waals surface area contributed by atoms with Gasteiger partial charge >= 0.3 is 0 Å². The Morgan fingerprint density at radius 1 is 1.24 bits per heavy atom. The molecule has 1 aromatic carbocycles. The van der Waals surface area contributed by atoms with Crippen molar-refractivity contribution in [1.82, 2.24) is 35.8 Å². The Bertz CT molecular complexity index is 856. The summed E-state index contributed by atoms with van der Waals surface area (Å²) in [5, 5.41) is 14.8. The van der Waals surface area contributed by atoms with Crippen molar-refractivity contribution in [2.24, 2.45) is 0 Å². The summed E-state index contributed by atoms with van der Waals surface area (Å²) in [6, 6.07) is 11.3. The van der Waals surface area contributed by atoms with Gasteiger partial charge in [0.15, 0.2) is 11.5 Å². The smallest absolute Gasteiger partial charge is 0.276 e. The van der Waals surface area contributed by atoms with Crippen molar-refractivity contribution in [1.29, 1.82) is 0 Å². The van der Waals surface area contributed by atoms with Crippen molar-refractivity contribution in [2.45, 2.75) is 12.5 Å². The molecular weight excluding hydrogens is 320 g/mol. The fourth-order valence-electron chi connectivity index (χ4n) is 2.66. The standard InChI is InChI=1S/C16H16N8O/c25-16(14-4-5-15(23-22-14)24-10-17-9-19-24)20-12-3-1-2-11(8-12)13-6-7-18-21-13/h1-5,8-10,13,18,21H,6-7H2,(H,20,25). The summed E-state index contributed by atoms with van der Waals surface area (Å²) in [5.74, 6) is 0.183. The van der Waals surface area contributed by atoms with Crippen molar-refractivity contribution in [3.63, 3.8) is 0 Å². The maximum Gasteiger partial charge on any atom is 0.276 e. The van der Waals surface area contributed by atoms with Crippen molar-refractivity contribution in [2.75, 3.05) is 11.9 Å². The molecule has 126 valence electrons. The topological polar surface area (TPSA) is 110 Å². The van der Waals surface area contributed by atoms with Gasteiger partial charge in [-0.05, 0) is 36.2 Å². The van der Waals surface area contributed by atoms with Crippen LogP contribution in [0.2, 0.25) is 0 Å². The number of nitrogens with one attached hydrogen (secondary N) is 3. The molecule has 3 heterocycles. The van der Waals surface area contributed by atoms with E-state index >= 15 is 0 Å². The Hall–Kier alpha value is -3.17. The number of anilines is 1. The summed E-state index contributed by atoms with van der Waals surface area (Å²) in [4.78, 5) is 16.2. The molecule has 3 aromatic rings. The van der Waals surface area contributed by atoms with Crippen molar-refractivity contribution in [3.05, 3.63) is 60.3 Å². The highest BCUT2D eigenvalue weighted by molar-refractivity contribution is 6.02. The molecule has 3 N–H and O–H groups in total. The van der Waals surface area contributed by atoms with Gasteiger partial charge in [-0.1, -0.05) is 12.1 Å². The normalized spacial score (nSPS) is 16.7. The van der Waals surface area contributed by atoms with Gasteiger partial charge < -0.3 is 5.32 Å². The van der Waals surface area contributed by atoms with Crippen molar-refractivity contribution < 1.29 is 4.79 Å². The lowest BCUT2D eigenvalue weighted by atomic mass is 10.0. The van der Waals surface area contributed by atoms with E-state index in [0.29, 0.717) is 5.82 Å². The number of rotatable bonds is 4. The van der Waals surface area contributed by atoms with Gasteiger partial charge in [0, 0.05) is 18.3 Å². The zero-order valence-corrected chi connectivity index (χ0v) is 13.3. The van der Waals surface area contributed by atoms with Crippen LogP contribution in [-0.4, -0.2) is 37.4 Å². The lowest BCUT2D eigenvalue weighted by Gasteiger charge is -2.12. The molecule has 1 amide bonds. The third-order valence-electron chi connectivity index (χ3n) is 3.92. The Kier molecular flexibility index (Phi) is 4.15. The van der Waals surface area contributed by atoms with Crippen LogP contribution in [0.5, 0.6) is 0 Å². The number of benzene rings is 1. The molecule has 0 radical (unpaired) electrons. The summed E-state index contributed by atoms with van der Waals surface area (Å²) in [5.41, 5.74) is 8.39. The number of carbonyl (C=O) groups is 1. The molecule has 1 aliphatic rings. The fraction of sp³-hybridized carbons (Fsp3) is 0.188. The highest BCUT2D eigenvalue weighted by atomic mass is 16.1. The van der Waals surface area contributed by atoms with E-state index in [4.69, 9.17) is 0 Å². The molecule has 2 aromatic heterocycles. The summed E-state index contributed by atoms with van der Waals surface area (Å²) in [6.07, 6.45) is 3.93. The molecular formula is C16H16N8O. The summed E-state index contributed by atoms with van der Waals surface area (Å²) >= 11 is 0. The second-order valence-electron chi connectivity index (χ2n) is 5.61. The highest BCUT2D eigenvalue weighted by Crippen LogP contribution is 2.22. The zero-order chi connectivity index (χ0) is 17.1. The molecule has 9 nitrogen and oxygen atoms in total. The van der Waals surface area contributed by atoms with Crippen LogP contribution < -0.4 is 16.2 Å². The summed E-state index contributed by atoms with van der Waals surface area (Å²) in [7, 11) is 0. The van der Waals surface area contributed by atoms with Crippen LogP contribution >= 0.6 is 0 Å². The monoisotopic (exact) mass is 336 g/mol. The first-order valence-electron chi connectivity index (χ1n) is 7.88. The Labute approximate surface area is 143 Å². The number of nitrogens with zero attached hydrogens (tertiary/aromatic N) is 5. The third kappa shape index (κ3) is 3.37. The van der Waals surface area contributed by atoms with Gasteiger partial charge in [-0.15, -0.1) is 10.2 Å². The SMILES string of the molecule is O=C(Nc1cccc(C2CCNN2)c1)c1ccc(-n2cncn2)nn1. The van der Waals surface area contributed by atoms with E-state index in [1.807, 2.05) is 24.3 Å². The van der Waals surface area contributed by atoms with E-state index in [1.165, 1.54) is 17.3 Å². The van der Waals surface area contributed by atoms with E-state index in [9.17, 15) is 4.79 Å². The van der Waals surface area contributed by atoms with E-state index < -0.39 is 0 Å². The van der Waals surface area contributed by atoms with Gasteiger partial charge in [0.05, 0.1) is 0 Å². The molecule has 1 aliphatic heterocycles. The van der Waals surface area contributed by atoms with E-state index in [0.717, 1.165) is 24.2 Å². The number of aromatic nitrogens is 5. The Morgan fingerprint density at radius 3 is 2.92 bits per heavy atom. The lowest BCUT2D eigenvalue weighted by molar-refractivity contribution is 0.102. The molecule has 1 fully saturated rings. The Balaban J connectivity index is 1.47. The van der Waals surface area contributed by atoms with E-state index in [2.05, 4.69) is 36.4 Å². The van der Waals surface area contributed by atoms with Gasteiger partial charge in [-0.2, -0.15) is 5.10 Å². The number of carbonyl (C=O) groups excluding carboxylic acids is 1. The van der Waals surface area contributed by atoms with E-state index in [1.54, 1.807) is 12.1 Å². The number of hydrogen-bond acceptors (Lipinski definition) is 7. The molecule has 1 atom stereocenters. The van der Waals surface area contributed by atoms with Crippen molar-refractivity contribution >= 4 is 11.6 Å². The van der Waals surface area contributed by atoms with Crippen molar-refractivity contribution in [3.8, 4) is 5.82 Å². The highest BCUT2D eigenvalue weighted by Gasteiger charge is 2.16. The Morgan fingerprint density at radius 2 is 2.20 bits per heavy atom. The molecule has 1 saturated heterocycles. The third-order valence-corrected chi connectivity index (χ3v) is 3.92. The molecule has 0 spiro atoms. The maximum atomic E-state index is 12.4. The first-order valence-corrected chi connectivity index (χ1v) is 7.88. The molecule has 9 heteroatoms. The summed E-state index contributed by atoms with van der Waals surface area (Å²) < 4.78 is 1.47. The molecule has 0 saturated carbocycles. The largest absolute Gasteiger partial charge is 0.321 e. The fourth-order valence-corrected chi connectivity index (χ4v) is 2.66. The average molecular weight is 336 g/mol.